The number of rotatable bonds is 4. The third-order valence-electron chi connectivity index (χ3n) is 4.12. The lowest BCUT2D eigenvalue weighted by Crippen LogP contribution is -2.50. The number of H-pyrrole nitrogens is 1. The Morgan fingerprint density at radius 2 is 1.96 bits per heavy atom. The minimum atomic E-state index is -1.22. The van der Waals surface area contributed by atoms with Crippen molar-refractivity contribution in [3.05, 3.63) is 51.8 Å². The Kier molecular flexibility index (Phi) is 3.92. The molecule has 1 aliphatic heterocycles. The second-order valence-corrected chi connectivity index (χ2v) is 5.68. The van der Waals surface area contributed by atoms with Crippen LogP contribution >= 0.6 is 0 Å². The highest BCUT2D eigenvalue weighted by molar-refractivity contribution is 5.88. The van der Waals surface area contributed by atoms with Crippen LogP contribution in [0, 0.1) is 0 Å². The Labute approximate surface area is 133 Å². The minimum Gasteiger partial charge on any atom is -0.477 e. The number of aromatic nitrogens is 1. The number of aryl methyl sites for hydroxylation is 1. The topological polar surface area (TPSA) is 93.6 Å². The van der Waals surface area contributed by atoms with E-state index in [0.717, 1.165) is 16.8 Å². The van der Waals surface area contributed by atoms with Gasteiger partial charge in [0.1, 0.15) is 5.56 Å². The number of hydrogen-bond acceptors (Lipinski definition) is 4. The summed E-state index contributed by atoms with van der Waals surface area (Å²) in [6, 6.07) is 9.10. The molecule has 0 unspecified atom stereocenters. The highest BCUT2D eigenvalue weighted by Crippen LogP contribution is 2.26. The van der Waals surface area contributed by atoms with Gasteiger partial charge in [0, 0.05) is 18.8 Å². The number of aliphatic hydroxyl groups excluding tert-OH is 1. The number of hydrogen-bond donors (Lipinski definition) is 3. The summed E-state index contributed by atoms with van der Waals surface area (Å²) in [5.41, 5.74) is 2.45. The number of β-amino-alcohol motifs (C(OH)–C–C–N with tert-alkyl or cyclic N) is 1. The molecule has 120 valence electrons. The summed E-state index contributed by atoms with van der Waals surface area (Å²) < 4.78 is 0. The smallest absolute Gasteiger partial charge is 0.341 e. The molecule has 23 heavy (non-hydrogen) atoms. The molecule has 0 spiro atoms. The van der Waals surface area contributed by atoms with Gasteiger partial charge in [-0.05, 0) is 35.7 Å². The van der Waals surface area contributed by atoms with E-state index in [1.807, 2.05) is 31.2 Å². The number of aromatic carboxylic acids is 1. The average Bonchev–Trinajstić information content (AvgIpc) is 2.51. The predicted molar refractivity (Wildman–Crippen MR) is 87.1 cm³/mol. The van der Waals surface area contributed by atoms with Crippen molar-refractivity contribution in [2.45, 2.75) is 19.4 Å². The zero-order valence-corrected chi connectivity index (χ0v) is 12.7. The van der Waals surface area contributed by atoms with Gasteiger partial charge >= 0.3 is 5.97 Å². The van der Waals surface area contributed by atoms with E-state index in [0.29, 0.717) is 25.2 Å². The fourth-order valence-electron chi connectivity index (χ4n) is 2.77. The fourth-order valence-corrected chi connectivity index (χ4v) is 2.77. The number of aromatic amines is 1. The van der Waals surface area contributed by atoms with Gasteiger partial charge in [0.15, 0.2) is 0 Å². The maximum atomic E-state index is 11.9. The SMILES string of the molecule is CCc1cc(C(=O)O)c(=O)[nH]c1-c1ccc(N2CC(O)C2)cc1. The lowest BCUT2D eigenvalue weighted by atomic mass is 10.0. The summed E-state index contributed by atoms with van der Waals surface area (Å²) in [5, 5.41) is 18.4. The first-order valence-electron chi connectivity index (χ1n) is 7.52. The molecule has 6 nitrogen and oxygen atoms in total. The molecule has 2 aromatic rings. The summed E-state index contributed by atoms with van der Waals surface area (Å²) in [5.74, 6) is -1.22. The van der Waals surface area contributed by atoms with Crippen LogP contribution in [0.25, 0.3) is 11.3 Å². The zero-order chi connectivity index (χ0) is 16.6. The molecule has 0 amide bonds. The van der Waals surface area contributed by atoms with E-state index in [9.17, 15) is 14.7 Å². The summed E-state index contributed by atoms with van der Waals surface area (Å²) in [6.45, 7) is 3.17. The van der Waals surface area contributed by atoms with Crippen molar-refractivity contribution in [3.63, 3.8) is 0 Å². The van der Waals surface area contributed by atoms with Gasteiger partial charge in [-0.2, -0.15) is 0 Å². The molecule has 1 fully saturated rings. The van der Waals surface area contributed by atoms with Crippen LogP contribution in [0.3, 0.4) is 0 Å². The Bertz CT molecular complexity index is 789. The van der Waals surface area contributed by atoms with E-state index < -0.39 is 11.5 Å². The highest BCUT2D eigenvalue weighted by atomic mass is 16.4. The first-order valence-corrected chi connectivity index (χ1v) is 7.52. The van der Waals surface area contributed by atoms with Crippen molar-refractivity contribution in [1.29, 1.82) is 0 Å². The molecular weight excluding hydrogens is 296 g/mol. The van der Waals surface area contributed by atoms with Crippen LogP contribution in [0.5, 0.6) is 0 Å². The average molecular weight is 314 g/mol. The van der Waals surface area contributed by atoms with Crippen LogP contribution in [0.1, 0.15) is 22.8 Å². The minimum absolute atomic E-state index is 0.239. The maximum Gasteiger partial charge on any atom is 0.341 e. The molecular formula is C17H18N2O4. The van der Waals surface area contributed by atoms with Crippen LogP contribution in [0.15, 0.2) is 35.1 Å². The van der Waals surface area contributed by atoms with Gasteiger partial charge in [-0.25, -0.2) is 4.79 Å². The second kappa shape index (κ2) is 5.89. The van der Waals surface area contributed by atoms with E-state index in [4.69, 9.17) is 5.11 Å². The summed E-state index contributed by atoms with van der Waals surface area (Å²) in [4.78, 5) is 27.7. The number of pyridine rings is 1. The molecule has 1 aromatic heterocycles. The lowest BCUT2D eigenvalue weighted by Gasteiger charge is -2.37. The van der Waals surface area contributed by atoms with Gasteiger partial charge in [0.05, 0.1) is 11.8 Å². The van der Waals surface area contributed by atoms with Crippen molar-refractivity contribution >= 4 is 11.7 Å². The van der Waals surface area contributed by atoms with Crippen LogP contribution < -0.4 is 10.5 Å². The zero-order valence-electron chi connectivity index (χ0n) is 12.7. The molecule has 3 rings (SSSR count). The Hall–Kier alpha value is -2.60. The van der Waals surface area contributed by atoms with E-state index in [1.54, 1.807) is 0 Å². The van der Waals surface area contributed by atoms with Gasteiger partial charge in [-0.3, -0.25) is 4.79 Å². The molecule has 0 bridgehead atoms. The van der Waals surface area contributed by atoms with Crippen LogP contribution in [-0.4, -0.2) is 40.4 Å². The van der Waals surface area contributed by atoms with Crippen LogP contribution in [0.2, 0.25) is 0 Å². The van der Waals surface area contributed by atoms with Gasteiger partial charge < -0.3 is 20.1 Å². The van der Waals surface area contributed by atoms with Gasteiger partial charge in [0.2, 0.25) is 0 Å². The molecule has 1 aliphatic rings. The number of anilines is 1. The number of carbonyl (C=O) groups is 1. The van der Waals surface area contributed by atoms with Crippen LogP contribution in [-0.2, 0) is 6.42 Å². The molecule has 0 atom stereocenters. The standard InChI is InChI=1S/C17H18N2O4/c1-2-10-7-14(17(22)23)16(21)18-15(10)11-3-5-12(6-4-11)19-8-13(20)9-19/h3-7,13,20H,2,8-9H2,1H3,(H,18,21)(H,22,23). The number of nitrogens with one attached hydrogen (secondary N) is 1. The first kappa shape index (κ1) is 15.3. The van der Waals surface area contributed by atoms with E-state index in [1.165, 1.54) is 6.07 Å². The molecule has 0 radical (unpaired) electrons. The van der Waals surface area contributed by atoms with E-state index >= 15 is 0 Å². The molecule has 0 aliphatic carbocycles. The quantitative estimate of drug-likeness (QED) is 0.795. The molecule has 3 N–H and O–H groups in total. The first-order chi connectivity index (χ1) is 11.0. The van der Waals surface area contributed by atoms with Crippen molar-refractivity contribution < 1.29 is 15.0 Å². The van der Waals surface area contributed by atoms with Crippen LogP contribution in [0.4, 0.5) is 5.69 Å². The summed E-state index contributed by atoms with van der Waals surface area (Å²) >= 11 is 0. The van der Waals surface area contributed by atoms with Crippen molar-refractivity contribution in [2.24, 2.45) is 0 Å². The van der Waals surface area contributed by atoms with Gasteiger partial charge in [-0.15, -0.1) is 0 Å². The number of aliphatic hydroxyl groups is 1. The van der Waals surface area contributed by atoms with E-state index in [-0.39, 0.29) is 11.7 Å². The lowest BCUT2D eigenvalue weighted by molar-refractivity contribution is 0.0695. The molecule has 0 saturated carbocycles. The van der Waals surface area contributed by atoms with E-state index in [2.05, 4.69) is 9.88 Å². The molecule has 1 aromatic carbocycles. The number of carboxylic acids is 1. The van der Waals surface area contributed by atoms with Crippen molar-refractivity contribution in [3.8, 4) is 11.3 Å². The second-order valence-electron chi connectivity index (χ2n) is 5.68. The number of nitrogens with zero attached hydrogens (tertiary/aromatic N) is 1. The fraction of sp³-hybridized carbons (Fsp3) is 0.294. The maximum absolute atomic E-state index is 11.9. The number of carboxylic acid groups (broad SMARTS) is 1. The number of benzene rings is 1. The highest BCUT2D eigenvalue weighted by Gasteiger charge is 2.24. The van der Waals surface area contributed by atoms with Crippen molar-refractivity contribution in [2.75, 3.05) is 18.0 Å². The molecule has 2 heterocycles. The predicted octanol–water partition coefficient (Wildman–Crippen LogP) is 1.48. The molecule has 6 heteroatoms. The third kappa shape index (κ3) is 2.85. The summed E-state index contributed by atoms with van der Waals surface area (Å²) in [7, 11) is 0. The Morgan fingerprint density at radius 3 is 2.48 bits per heavy atom. The van der Waals surface area contributed by atoms with Gasteiger partial charge in [0.25, 0.3) is 5.56 Å². The largest absolute Gasteiger partial charge is 0.477 e. The monoisotopic (exact) mass is 314 g/mol. The Morgan fingerprint density at radius 1 is 1.30 bits per heavy atom. The summed E-state index contributed by atoms with van der Waals surface area (Å²) in [6.07, 6.45) is 0.355. The Balaban J connectivity index is 1.96. The normalized spacial score (nSPS) is 14.6. The van der Waals surface area contributed by atoms with Gasteiger partial charge in [-0.1, -0.05) is 19.1 Å². The molecule has 1 saturated heterocycles. The van der Waals surface area contributed by atoms with Crippen molar-refractivity contribution in [1.82, 2.24) is 4.98 Å². The third-order valence-corrected chi connectivity index (χ3v) is 4.12.